The van der Waals surface area contributed by atoms with E-state index in [4.69, 9.17) is 24.3 Å². The SMILES string of the molecule is CCCCCC/C=C/C=C/CCCCCCCC(=O)O[C@H](COC(=O)CCCCCCCCCCCCCCCCCC)COP(=O)(O)OCCN. The lowest BCUT2D eigenvalue weighted by atomic mass is 10.0. The number of unbranched alkanes of at least 4 members (excludes halogenated alkanes) is 24. The molecule has 3 N–H and O–H groups in total. The van der Waals surface area contributed by atoms with Crippen LogP contribution in [0.1, 0.15) is 200 Å². The second-order valence-electron chi connectivity index (χ2n) is 14.2. The van der Waals surface area contributed by atoms with Crippen LogP contribution in [0.4, 0.5) is 0 Å². The normalized spacial score (nSPS) is 13.5. The van der Waals surface area contributed by atoms with Crippen LogP contribution in [0.3, 0.4) is 0 Å². The molecule has 0 rings (SSSR count). The molecule has 0 spiro atoms. The van der Waals surface area contributed by atoms with Gasteiger partial charge in [-0.05, 0) is 38.5 Å². The van der Waals surface area contributed by atoms with Crippen molar-refractivity contribution in [3.63, 3.8) is 0 Å². The van der Waals surface area contributed by atoms with E-state index in [1.54, 1.807) is 0 Å². The molecule has 0 aromatic heterocycles. The number of esters is 2. The van der Waals surface area contributed by atoms with E-state index in [0.717, 1.165) is 57.8 Å². The number of ether oxygens (including phenoxy) is 2. The van der Waals surface area contributed by atoms with Gasteiger partial charge in [0.2, 0.25) is 0 Å². The fraction of sp³-hybridized carbons (Fsp3) is 0.857. The van der Waals surface area contributed by atoms with Crippen LogP contribution in [0.25, 0.3) is 0 Å². The van der Waals surface area contributed by atoms with Crippen molar-refractivity contribution in [1.82, 2.24) is 0 Å². The zero-order valence-electron chi connectivity index (χ0n) is 33.6. The zero-order chi connectivity index (χ0) is 38.2. The van der Waals surface area contributed by atoms with Crippen LogP contribution in [0.2, 0.25) is 0 Å². The molecule has 0 fully saturated rings. The van der Waals surface area contributed by atoms with Gasteiger partial charge in [0.15, 0.2) is 6.10 Å². The van der Waals surface area contributed by atoms with Gasteiger partial charge in [0.25, 0.3) is 0 Å². The summed E-state index contributed by atoms with van der Waals surface area (Å²) in [5.74, 6) is -0.839. The number of phosphoric ester groups is 1. The molecule has 0 heterocycles. The highest BCUT2D eigenvalue weighted by atomic mass is 31.2. The van der Waals surface area contributed by atoms with Crippen molar-refractivity contribution in [2.75, 3.05) is 26.4 Å². The third-order valence-corrected chi connectivity index (χ3v) is 10.1. The Balaban J connectivity index is 4.17. The predicted octanol–water partition coefficient (Wildman–Crippen LogP) is 12.0. The predicted molar refractivity (Wildman–Crippen MR) is 215 cm³/mol. The van der Waals surface area contributed by atoms with Crippen molar-refractivity contribution in [2.24, 2.45) is 5.73 Å². The summed E-state index contributed by atoms with van der Waals surface area (Å²) in [6.45, 7) is 3.71. The maximum absolute atomic E-state index is 12.6. The second kappa shape index (κ2) is 39.2. The van der Waals surface area contributed by atoms with Crippen LogP contribution in [0.15, 0.2) is 24.3 Å². The van der Waals surface area contributed by atoms with E-state index in [9.17, 15) is 19.0 Å². The highest BCUT2D eigenvalue weighted by Crippen LogP contribution is 2.43. The van der Waals surface area contributed by atoms with Gasteiger partial charge in [0.1, 0.15) is 6.61 Å². The van der Waals surface area contributed by atoms with Crippen LogP contribution < -0.4 is 5.73 Å². The summed E-state index contributed by atoms with van der Waals surface area (Å²) in [5, 5.41) is 0. The Morgan fingerprint density at radius 1 is 0.577 bits per heavy atom. The van der Waals surface area contributed by atoms with E-state index >= 15 is 0 Å². The molecule has 0 aliphatic carbocycles. The van der Waals surface area contributed by atoms with Crippen molar-refractivity contribution in [3.8, 4) is 0 Å². The summed E-state index contributed by atoms with van der Waals surface area (Å²) in [4.78, 5) is 34.8. The van der Waals surface area contributed by atoms with Crippen LogP contribution >= 0.6 is 7.82 Å². The number of rotatable bonds is 40. The summed E-state index contributed by atoms with van der Waals surface area (Å²) >= 11 is 0. The van der Waals surface area contributed by atoms with E-state index < -0.39 is 26.5 Å². The molecule has 0 aromatic carbocycles. The van der Waals surface area contributed by atoms with Gasteiger partial charge in [-0.25, -0.2) is 4.57 Å². The van der Waals surface area contributed by atoms with Crippen molar-refractivity contribution < 1.29 is 37.6 Å². The van der Waals surface area contributed by atoms with Crippen LogP contribution in [-0.2, 0) is 32.7 Å². The molecule has 10 heteroatoms. The molecule has 0 radical (unpaired) electrons. The highest BCUT2D eigenvalue weighted by molar-refractivity contribution is 7.47. The van der Waals surface area contributed by atoms with Gasteiger partial charge in [-0.2, -0.15) is 0 Å². The maximum Gasteiger partial charge on any atom is 0.472 e. The van der Waals surface area contributed by atoms with Crippen molar-refractivity contribution >= 4 is 19.8 Å². The molecule has 9 nitrogen and oxygen atoms in total. The standard InChI is InChI=1S/C42H80NO8P/c1-3-5-7-9-11-13-15-17-19-21-22-24-26-28-30-32-34-41(44)48-38-40(39-50-52(46,47)49-37-36-43)51-42(45)35-33-31-29-27-25-23-20-18-16-14-12-10-8-6-4-2/h14,16,18,20,40H,3-13,15,17,19,21-39,43H2,1-2H3,(H,46,47)/b16-14+,20-18+/t40-/m1/s1. The minimum atomic E-state index is -4.37. The van der Waals surface area contributed by atoms with E-state index in [0.29, 0.717) is 6.42 Å². The fourth-order valence-electron chi connectivity index (χ4n) is 5.92. The molecule has 52 heavy (non-hydrogen) atoms. The Morgan fingerprint density at radius 3 is 1.44 bits per heavy atom. The van der Waals surface area contributed by atoms with Gasteiger partial charge in [0.05, 0.1) is 13.2 Å². The Morgan fingerprint density at radius 2 is 0.981 bits per heavy atom. The average molecular weight is 758 g/mol. The molecule has 0 aromatic rings. The minimum Gasteiger partial charge on any atom is -0.462 e. The number of hydrogen-bond acceptors (Lipinski definition) is 8. The fourth-order valence-corrected chi connectivity index (χ4v) is 6.68. The monoisotopic (exact) mass is 758 g/mol. The van der Waals surface area contributed by atoms with E-state index in [1.807, 2.05) is 0 Å². The van der Waals surface area contributed by atoms with E-state index in [2.05, 4.69) is 38.2 Å². The number of carbonyl (C=O) groups is 2. The van der Waals surface area contributed by atoms with Crippen LogP contribution in [0.5, 0.6) is 0 Å². The third kappa shape index (κ3) is 38.2. The van der Waals surface area contributed by atoms with E-state index in [-0.39, 0.29) is 38.6 Å². The highest BCUT2D eigenvalue weighted by Gasteiger charge is 2.26. The molecule has 1 unspecified atom stereocenters. The summed E-state index contributed by atoms with van der Waals surface area (Å²) < 4.78 is 32.7. The number of phosphoric acid groups is 1. The van der Waals surface area contributed by atoms with Gasteiger partial charge in [-0.15, -0.1) is 0 Å². The molecule has 0 saturated carbocycles. The Bertz CT molecular complexity index is 912. The largest absolute Gasteiger partial charge is 0.472 e. The van der Waals surface area contributed by atoms with Gasteiger partial charge in [-0.1, -0.05) is 173 Å². The smallest absolute Gasteiger partial charge is 0.462 e. The lowest BCUT2D eigenvalue weighted by Gasteiger charge is -2.19. The topological polar surface area (TPSA) is 134 Å². The first-order valence-electron chi connectivity index (χ1n) is 21.3. The number of carbonyl (C=O) groups excluding carboxylic acids is 2. The van der Waals surface area contributed by atoms with Crippen molar-refractivity contribution in [1.29, 1.82) is 0 Å². The molecule has 0 bridgehead atoms. The molecular weight excluding hydrogens is 677 g/mol. The maximum atomic E-state index is 12.6. The second-order valence-corrected chi connectivity index (χ2v) is 15.7. The zero-order valence-corrected chi connectivity index (χ0v) is 34.4. The summed E-state index contributed by atoms with van der Waals surface area (Å²) in [6, 6.07) is 0. The molecule has 0 aliphatic heterocycles. The van der Waals surface area contributed by atoms with Gasteiger partial charge >= 0.3 is 19.8 Å². The van der Waals surface area contributed by atoms with Crippen molar-refractivity contribution in [3.05, 3.63) is 24.3 Å². The lowest BCUT2D eigenvalue weighted by Crippen LogP contribution is -2.29. The summed E-state index contributed by atoms with van der Waals surface area (Å²) in [7, 11) is -4.37. The van der Waals surface area contributed by atoms with Gasteiger partial charge < -0.3 is 20.1 Å². The quantitative estimate of drug-likeness (QED) is 0.0271. The number of nitrogens with two attached hydrogens (primary N) is 1. The molecule has 306 valence electrons. The third-order valence-electron chi connectivity index (χ3n) is 9.12. The first-order chi connectivity index (χ1) is 25.3. The lowest BCUT2D eigenvalue weighted by molar-refractivity contribution is -0.161. The number of hydrogen-bond donors (Lipinski definition) is 2. The van der Waals surface area contributed by atoms with Gasteiger partial charge in [0, 0.05) is 19.4 Å². The minimum absolute atomic E-state index is 0.0522. The Hall–Kier alpha value is -1.51. The Kier molecular flexibility index (Phi) is 38.1. The van der Waals surface area contributed by atoms with Crippen molar-refractivity contribution in [2.45, 2.75) is 206 Å². The first-order valence-corrected chi connectivity index (χ1v) is 22.8. The van der Waals surface area contributed by atoms with Crippen LogP contribution in [0, 0.1) is 0 Å². The summed E-state index contributed by atoms with van der Waals surface area (Å²) in [5.41, 5.74) is 5.34. The van der Waals surface area contributed by atoms with Crippen LogP contribution in [-0.4, -0.2) is 49.3 Å². The molecular formula is C42H80NO8P. The number of allylic oxidation sites excluding steroid dienone is 4. The van der Waals surface area contributed by atoms with E-state index in [1.165, 1.54) is 109 Å². The first kappa shape index (κ1) is 50.5. The Labute approximate surface area is 319 Å². The average Bonchev–Trinajstić information content (AvgIpc) is 3.13. The molecule has 0 aliphatic rings. The molecule has 0 saturated heterocycles. The van der Waals surface area contributed by atoms with Gasteiger partial charge in [-0.3, -0.25) is 18.6 Å². The summed E-state index contributed by atoms with van der Waals surface area (Å²) in [6.07, 6.45) is 40.6. The molecule has 2 atom stereocenters. The molecule has 0 amide bonds.